The minimum Gasteiger partial charge on any atom is -0.474 e. The fourth-order valence-electron chi connectivity index (χ4n) is 3.67. The quantitative estimate of drug-likeness (QED) is 0.687. The van der Waals surface area contributed by atoms with E-state index in [1.165, 1.54) is 0 Å². The molecule has 2 fully saturated rings. The van der Waals surface area contributed by atoms with Crippen molar-refractivity contribution in [2.45, 2.75) is 64.3 Å². The van der Waals surface area contributed by atoms with Gasteiger partial charge in [-0.15, -0.1) is 0 Å². The van der Waals surface area contributed by atoms with E-state index in [-0.39, 0.29) is 24.1 Å². The van der Waals surface area contributed by atoms with Crippen molar-refractivity contribution >= 4 is 18.0 Å². The van der Waals surface area contributed by atoms with Crippen LogP contribution in [0.25, 0.3) is 11.3 Å². The molecule has 3 N–H and O–H groups in total. The number of carbonyl (C=O) groups excluding carboxylic acids is 1. The molecule has 2 aliphatic rings. The highest BCUT2D eigenvalue weighted by atomic mass is 16.6. The molecule has 0 bridgehead atoms. The van der Waals surface area contributed by atoms with Crippen molar-refractivity contribution < 1.29 is 19.0 Å². The second kappa shape index (κ2) is 9.34. The first-order valence-electron chi connectivity index (χ1n) is 11.1. The summed E-state index contributed by atoms with van der Waals surface area (Å²) in [6.07, 6.45) is 4.13. The number of ether oxygens (including phenoxy) is 3. The third-order valence-corrected chi connectivity index (χ3v) is 5.39. The van der Waals surface area contributed by atoms with Crippen molar-refractivity contribution in [3.8, 4) is 17.1 Å². The largest absolute Gasteiger partial charge is 0.474 e. The lowest BCUT2D eigenvalue weighted by Gasteiger charge is -2.36. The monoisotopic (exact) mass is 457 g/mol. The van der Waals surface area contributed by atoms with Gasteiger partial charge in [-0.3, -0.25) is 0 Å². The molecule has 2 aromatic heterocycles. The van der Waals surface area contributed by atoms with Gasteiger partial charge in [-0.2, -0.15) is 4.98 Å². The maximum absolute atomic E-state index is 12.0. The van der Waals surface area contributed by atoms with Crippen LogP contribution in [0.2, 0.25) is 0 Å². The Morgan fingerprint density at radius 1 is 1.24 bits per heavy atom. The van der Waals surface area contributed by atoms with E-state index in [0.717, 1.165) is 5.56 Å². The smallest absolute Gasteiger partial charge is 0.407 e. The van der Waals surface area contributed by atoms with Crippen LogP contribution < -0.4 is 20.7 Å². The summed E-state index contributed by atoms with van der Waals surface area (Å²) in [6, 6.07) is 1.92. The van der Waals surface area contributed by atoms with Gasteiger partial charge in [0.2, 0.25) is 17.8 Å². The summed E-state index contributed by atoms with van der Waals surface area (Å²) in [5.74, 6) is 1.23. The van der Waals surface area contributed by atoms with Crippen LogP contribution in [0.5, 0.6) is 5.88 Å². The summed E-state index contributed by atoms with van der Waals surface area (Å²) in [6.45, 7) is 9.49. The number of morpholine rings is 1. The van der Waals surface area contributed by atoms with E-state index < -0.39 is 11.7 Å². The summed E-state index contributed by atoms with van der Waals surface area (Å²) in [7, 11) is 0. The molecule has 178 valence electrons. The van der Waals surface area contributed by atoms with Gasteiger partial charge in [0.25, 0.3) is 0 Å². The number of aromatic nitrogens is 4. The van der Waals surface area contributed by atoms with Gasteiger partial charge in [0.15, 0.2) is 0 Å². The van der Waals surface area contributed by atoms with Crippen LogP contribution >= 0.6 is 0 Å². The zero-order valence-electron chi connectivity index (χ0n) is 19.4. The van der Waals surface area contributed by atoms with Crippen LogP contribution in [-0.2, 0) is 9.47 Å². The number of nitrogens with two attached hydrogens (primary N) is 1. The number of carbonyl (C=O) groups is 1. The van der Waals surface area contributed by atoms with E-state index in [0.29, 0.717) is 50.1 Å². The van der Waals surface area contributed by atoms with Gasteiger partial charge < -0.3 is 30.2 Å². The first kappa shape index (κ1) is 23.0. The highest BCUT2D eigenvalue weighted by molar-refractivity contribution is 5.68. The topological polar surface area (TPSA) is 138 Å². The fourth-order valence-corrected chi connectivity index (χ4v) is 3.67. The molecule has 1 saturated heterocycles. The summed E-state index contributed by atoms with van der Waals surface area (Å²) >= 11 is 0. The maximum atomic E-state index is 12.0. The first-order valence-corrected chi connectivity index (χ1v) is 11.1. The number of hydrogen-bond acceptors (Lipinski definition) is 10. The molecule has 0 aromatic carbocycles. The van der Waals surface area contributed by atoms with Gasteiger partial charge in [-0.1, -0.05) is 0 Å². The maximum Gasteiger partial charge on any atom is 0.407 e. The summed E-state index contributed by atoms with van der Waals surface area (Å²) in [4.78, 5) is 31.6. The predicted molar refractivity (Wildman–Crippen MR) is 122 cm³/mol. The van der Waals surface area contributed by atoms with Crippen molar-refractivity contribution in [1.29, 1.82) is 0 Å². The number of alkyl carbamates (subject to hydrolysis) is 1. The number of amides is 1. The van der Waals surface area contributed by atoms with E-state index in [1.54, 1.807) is 18.5 Å². The molecular formula is C22H31N7O4. The van der Waals surface area contributed by atoms with Gasteiger partial charge in [0.1, 0.15) is 11.7 Å². The summed E-state index contributed by atoms with van der Waals surface area (Å²) in [5, 5.41) is 2.88. The number of nitrogens with one attached hydrogen (secondary N) is 1. The van der Waals surface area contributed by atoms with Gasteiger partial charge in [0, 0.05) is 49.5 Å². The minimum atomic E-state index is -0.528. The van der Waals surface area contributed by atoms with E-state index in [2.05, 4.69) is 32.1 Å². The molecule has 4 rings (SSSR count). The van der Waals surface area contributed by atoms with Crippen molar-refractivity contribution in [2.24, 2.45) is 0 Å². The van der Waals surface area contributed by atoms with Crippen molar-refractivity contribution in [3.63, 3.8) is 0 Å². The molecule has 0 radical (unpaired) electrons. The summed E-state index contributed by atoms with van der Waals surface area (Å²) < 4.78 is 17.0. The summed E-state index contributed by atoms with van der Waals surface area (Å²) in [5.41, 5.74) is 6.47. The van der Waals surface area contributed by atoms with Crippen LogP contribution in [0, 0.1) is 0 Å². The fraction of sp³-hybridized carbons (Fsp3) is 0.591. The Kier molecular flexibility index (Phi) is 6.50. The van der Waals surface area contributed by atoms with E-state index in [1.807, 2.05) is 20.8 Å². The molecular weight excluding hydrogens is 426 g/mol. The average Bonchev–Trinajstić information content (AvgIpc) is 2.71. The Balaban J connectivity index is 1.47. The second-order valence-corrected chi connectivity index (χ2v) is 9.39. The Hall–Kier alpha value is -3.21. The first-order chi connectivity index (χ1) is 15.7. The second-order valence-electron chi connectivity index (χ2n) is 9.39. The molecule has 1 saturated carbocycles. The van der Waals surface area contributed by atoms with E-state index >= 15 is 0 Å². The molecule has 11 nitrogen and oxygen atoms in total. The van der Waals surface area contributed by atoms with E-state index in [9.17, 15) is 4.79 Å². The molecule has 1 atom stereocenters. The van der Waals surface area contributed by atoms with Crippen LogP contribution in [0.4, 0.5) is 16.7 Å². The Labute approximate surface area is 193 Å². The average molecular weight is 458 g/mol. The normalized spacial score (nSPS) is 22.9. The number of hydrogen-bond donors (Lipinski definition) is 2. The third-order valence-electron chi connectivity index (χ3n) is 5.39. The molecule has 33 heavy (non-hydrogen) atoms. The Morgan fingerprint density at radius 3 is 2.64 bits per heavy atom. The van der Waals surface area contributed by atoms with Crippen molar-refractivity contribution in [1.82, 2.24) is 25.3 Å². The van der Waals surface area contributed by atoms with Gasteiger partial charge in [-0.25, -0.2) is 19.7 Å². The van der Waals surface area contributed by atoms with Crippen LogP contribution in [0.3, 0.4) is 0 Å². The Morgan fingerprint density at radius 2 is 1.97 bits per heavy atom. The van der Waals surface area contributed by atoms with Gasteiger partial charge in [-0.05, 0) is 27.7 Å². The molecule has 1 aliphatic carbocycles. The molecule has 3 heterocycles. The minimum absolute atomic E-state index is 0.00962. The van der Waals surface area contributed by atoms with Crippen LogP contribution in [-0.4, -0.2) is 69.6 Å². The predicted octanol–water partition coefficient (Wildman–Crippen LogP) is 2.18. The Bertz CT molecular complexity index is 974. The molecule has 2 aromatic rings. The SMILES string of the molecule is C[C@H]1COCCN1c1nc(OC2CC(NC(=O)OC(C)(C)C)C2)cc(-c2cnc(N)nc2)n1. The number of anilines is 2. The molecule has 0 spiro atoms. The molecule has 11 heteroatoms. The lowest BCUT2D eigenvalue weighted by atomic mass is 9.89. The van der Waals surface area contributed by atoms with Crippen LogP contribution in [0.1, 0.15) is 40.5 Å². The third kappa shape index (κ3) is 5.98. The number of rotatable bonds is 5. The lowest BCUT2D eigenvalue weighted by Crippen LogP contribution is -2.50. The zero-order chi connectivity index (χ0) is 23.6. The van der Waals surface area contributed by atoms with Gasteiger partial charge in [0.05, 0.1) is 24.9 Å². The highest BCUT2D eigenvalue weighted by Crippen LogP contribution is 2.30. The van der Waals surface area contributed by atoms with Crippen molar-refractivity contribution in [3.05, 3.63) is 18.5 Å². The zero-order valence-corrected chi connectivity index (χ0v) is 19.4. The highest BCUT2D eigenvalue weighted by Gasteiger charge is 2.34. The van der Waals surface area contributed by atoms with E-state index in [4.69, 9.17) is 24.9 Å². The molecule has 0 unspecified atom stereocenters. The standard InChI is InChI=1S/C22H31N7O4/c1-13-12-31-6-5-29(13)20-27-17(14-10-24-19(23)25-11-14)9-18(28-20)32-16-7-15(8-16)26-21(30)33-22(2,3)4/h9-11,13,15-16H,5-8,12H2,1-4H3,(H,26,30)(H2,23,24,25)/t13-,15?,16?/m0/s1. The molecule has 1 aliphatic heterocycles. The lowest BCUT2D eigenvalue weighted by molar-refractivity contribution is 0.0354. The van der Waals surface area contributed by atoms with Gasteiger partial charge >= 0.3 is 6.09 Å². The number of nitrogen functional groups attached to an aromatic ring is 1. The van der Waals surface area contributed by atoms with Crippen LogP contribution in [0.15, 0.2) is 18.5 Å². The van der Waals surface area contributed by atoms with Crippen molar-refractivity contribution in [2.75, 3.05) is 30.4 Å². The molecule has 1 amide bonds. The number of nitrogens with zero attached hydrogens (tertiary/aromatic N) is 5.